The highest BCUT2D eigenvalue weighted by Gasteiger charge is 2.25. The van der Waals surface area contributed by atoms with E-state index in [-0.39, 0.29) is 18.2 Å². The molecule has 3 aromatic rings. The van der Waals surface area contributed by atoms with Gasteiger partial charge in [-0.3, -0.25) is 19.3 Å². The fraction of sp³-hybridized carbons (Fsp3) is 0.361. The van der Waals surface area contributed by atoms with Crippen molar-refractivity contribution in [1.82, 2.24) is 15.1 Å². The predicted octanol–water partition coefficient (Wildman–Crippen LogP) is 5.37. The third kappa shape index (κ3) is 8.96. The molecule has 2 amide bonds. The lowest BCUT2D eigenvalue weighted by atomic mass is 9.84. The number of piperazine rings is 1. The first-order valence-electron chi connectivity index (χ1n) is 15.4. The maximum Gasteiger partial charge on any atom is 0.251 e. The van der Waals surface area contributed by atoms with Crippen molar-refractivity contribution >= 4 is 29.7 Å². The maximum atomic E-state index is 13.6. The van der Waals surface area contributed by atoms with Gasteiger partial charge in [0.05, 0.1) is 6.54 Å². The number of nitrogens with zero attached hydrogens (tertiary/aromatic N) is 2. The molecule has 1 atom stereocenters. The number of carbonyl (C=O) groups is 3. The van der Waals surface area contributed by atoms with E-state index in [1.54, 1.807) is 36.4 Å². The highest BCUT2D eigenvalue weighted by atomic mass is 16.2. The van der Waals surface area contributed by atoms with Crippen LogP contribution in [0.5, 0.6) is 0 Å². The molecule has 0 aliphatic carbocycles. The van der Waals surface area contributed by atoms with E-state index < -0.39 is 11.8 Å². The molecule has 0 saturated carbocycles. The second-order valence-corrected chi connectivity index (χ2v) is 11.2. The average Bonchev–Trinajstić information content (AvgIpc) is 3.04. The van der Waals surface area contributed by atoms with E-state index in [1.165, 1.54) is 5.56 Å². The van der Waals surface area contributed by atoms with Crippen LogP contribution in [0.4, 0.5) is 0 Å². The fourth-order valence-electron chi connectivity index (χ4n) is 5.60. The molecule has 3 aromatic carbocycles. The first kappa shape index (κ1) is 31.9. The molecule has 0 radical (unpaired) electrons. The Bertz CT molecular complexity index is 1390. The molecule has 1 heterocycles. The molecule has 1 fully saturated rings. The van der Waals surface area contributed by atoms with Gasteiger partial charge in [0, 0.05) is 49.8 Å². The number of unbranched alkanes of at least 4 members (excludes halogenated alkanes) is 1. The Morgan fingerprint density at radius 1 is 0.860 bits per heavy atom. The van der Waals surface area contributed by atoms with Crippen LogP contribution in [0.15, 0.2) is 72.8 Å². The van der Waals surface area contributed by atoms with Gasteiger partial charge in [-0.2, -0.15) is 0 Å². The summed E-state index contributed by atoms with van der Waals surface area (Å²) in [7, 11) is 0. The van der Waals surface area contributed by atoms with E-state index in [9.17, 15) is 14.4 Å². The Morgan fingerprint density at radius 2 is 1.56 bits per heavy atom. The second-order valence-electron chi connectivity index (χ2n) is 11.2. The Kier molecular flexibility index (Phi) is 11.8. The third-order valence-corrected chi connectivity index (χ3v) is 8.22. The van der Waals surface area contributed by atoms with E-state index in [1.807, 2.05) is 24.3 Å². The van der Waals surface area contributed by atoms with Gasteiger partial charge in [0.2, 0.25) is 5.91 Å². The number of amides is 2. The monoisotopic (exact) mass is 580 g/mol. The van der Waals surface area contributed by atoms with Gasteiger partial charge in [0.25, 0.3) is 5.91 Å². The molecule has 1 aliphatic heterocycles. The number of benzene rings is 3. The Balaban J connectivity index is 1.52. The minimum Gasteiger partial charge on any atom is -0.366 e. The summed E-state index contributed by atoms with van der Waals surface area (Å²) in [5, 5.41) is 2.78. The van der Waals surface area contributed by atoms with Gasteiger partial charge in [-0.1, -0.05) is 93.4 Å². The Morgan fingerprint density at radius 3 is 2.21 bits per heavy atom. The van der Waals surface area contributed by atoms with Crippen LogP contribution in [0.2, 0.25) is 0 Å². The topological polar surface area (TPSA) is 95.7 Å². The number of hydrogen-bond donors (Lipinski definition) is 2. The molecule has 226 valence electrons. The van der Waals surface area contributed by atoms with Crippen molar-refractivity contribution in [2.45, 2.75) is 45.6 Å². The lowest BCUT2D eigenvalue weighted by Gasteiger charge is -2.34. The zero-order chi connectivity index (χ0) is 30.6. The molecule has 1 unspecified atom stereocenters. The molecule has 1 aliphatic rings. The number of nitrogens with two attached hydrogens (primary N) is 1. The van der Waals surface area contributed by atoms with Crippen molar-refractivity contribution < 1.29 is 14.4 Å². The molecule has 43 heavy (non-hydrogen) atoms. The van der Waals surface area contributed by atoms with Crippen LogP contribution in [-0.2, 0) is 11.3 Å². The van der Waals surface area contributed by atoms with Crippen LogP contribution >= 0.6 is 0 Å². The minimum atomic E-state index is -0.543. The Labute approximate surface area is 255 Å². The average molecular weight is 581 g/mol. The largest absolute Gasteiger partial charge is 0.366 e. The predicted molar refractivity (Wildman–Crippen MR) is 174 cm³/mol. The van der Waals surface area contributed by atoms with E-state index in [2.05, 4.69) is 53.2 Å². The summed E-state index contributed by atoms with van der Waals surface area (Å²) in [6, 6.07) is 22.7. The fourth-order valence-corrected chi connectivity index (χ4v) is 5.60. The van der Waals surface area contributed by atoms with Crippen molar-refractivity contribution in [3.05, 3.63) is 106 Å². The minimum absolute atomic E-state index is 0.0962. The summed E-state index contributed by atoms with van der Waals surface area (Å²) in [5.41, 5.74) is 10.3. The Hall–Kier alpha value is -4.07. The lowest BCUT2D eigenvalue weighted by molar-refractivity contribution is -0.119. The summed E-state index contributed by atoms with van der Waals surface area (Å²) >= 11 is 0. The molecule has 7 nitrogen and oxygen atoms in total. The van der Waals surface area contributed by atoms with Gasteiger partial charge in [-0.15, -0.1) is 0 Å². The van der Waals surface area contributed by atoms with Crippen molar-refractivity contribution in [3.63, 3.8) is 0 Å². The van der Waals surface area contributed by atoms with Gasteiger partial charge in [-0.25, -0.2) is 0 Å². The van der Waals surface area contributed by atoms with E-state index in [0.717, 1.165) is 63.2 Å². The summed E-state index contributed by atoms with van der Waals surface area (Å²) in [6.45, 7) is 10.6. The van der Waals surface area contributed by atoms with Crippen molar-refractivity contribution in [1.29, 1.82) is 0 Å². The molecule has 4 rings (SSSR count). The number of hydrogen-bond acceptors (Lipinski definition) is 5. The van der Waals surface area contributed by atoms with Crippen LogP contribution in [0.1, 0.15) is 82.0 Å². The standard InChI is InChI=1S/C36H44N4O3/c1-3-5-12-32(34(41)25-38-36(43)29-10-7-6-8-11-29)30-13-9-14-33(35(37)42)31(30)20-19-27-15-17-28(18-16-27)26-40-23-21-39(4-2)22-24-40/h6-11,13-20,32H,3-5,12,21-26H2,1-2H3,(H2,37,42)(H,38,43). The van der Waals surface area contributed by atoms with Crippen molar-refractivity contribution in [2.24, 2.45) is 5.73 Å². The smallest absolute Gasteiger partial charge is 0.251 e. The van der Waals surface area contributed by atoms with Crippen molar-refractivity contribution in [3.8, 4) is 0 Å². The van der Waals surface area contributed by atoms with Gasteiger partial charge in [0.15, 0.2) is 5.78 Å². The summed E-state index contributed by atoms with van der Waals surface area (Å²) in [5.74, 6) is -1.41. The van der Waals surface area contributed by atoms with Crippen LogP contribution in [0.25, 0.3) is 12.2 Å². The highest BCUT2D eigenvalue weighted by molar-refractivity contribution is 6.01. The summed E-state index contributed by atoms with van der Waals surface area (Å²) < 4.78 is 0. The molecule has 7 heteroatoms. The number of likely N-dealkylation sites (N-methyl/N-ethyl adjacent to an activating group) is 1. The SMILES string of the molecule is CCCCC(C(=O)CNC(=O)c1ccccc1)c1cccc(C(N)=O)c1C=Cc1ccc(CN2CCN(CC)CC2)cc1. The van der Waals surface area contributed by atoms with E-state index in [4.69, 9.17) is 5.73 Å². The third-order valence-electron chi connectivity index (χ3n) is 8.22. The summed E-state index contributed by atoms with van der Waals surface area (Å²) in [6.07, 6.45) is 6.22. The van der Waals surface area contributed by atoms with Crippen molar-refractivity contribution in [2.75, 3.05) is 39.3 Å². The second kappa shape index (κ2) is 16.0. The number of carbonyl (C=O) groups excluding carboxylic acids is 3. The van der Waals surface area contributed by atoms with Crippen LogP contribution in [0.3, 0.4) is 0 Å². The van der Waals surface area contributed by atoms with Gasteiger partial charge in [0.1, 0.15) is 0 Å². The van der Waals surface area contributed by atoms with E-state index >= 15 is 0 Å². The first-order chi connectivity index (χ1) is 20.9. The molecule has 0 bridgehead atoms. The number of rotatable bonds is 14. The quantitative estimate of drug-likeness (QED) is 0.250. The zero-order valence-corrected chi connectivity index (χ0v) is 25.4. The zero-order valence-electron chi connectivity index (χ0n) is 25.4. The first-order valence-corrected chi connectivity index (χ1v) is 15.4. The number of Topliss-reactive ketones (excluding diaryl/α,β-unsaturated/α-hetero) is 1. The number of nitrogens with one attached hydrogen (secondary N) is 1. The normalized spacial score (nSPS) is 14.9. The lowest BCUT2D eigenvalue weighted by Crippen LogP contribution is -2.45. The molecule has 0 aromatic heterocycles. The van der Waals surface area contributed by atoms with Crippen LogP contribution in [0, 0.1) is 0 Å². The summed E-state index contributed by atoms with van der Waals surface area (Å²) in [4.78, 5) is 43.6. The molecular weight excluding hydrogens is 536 g/mol. The van der Waals surface area contributed by atoms with E-state index in [0.29, 0.717) is 23.1 Å². The molecule has 3 N–H and O–H groups in total. The number of primary amides is 1. The molecule has 0 spiro atoms. The van der Waals surface area contributed by atoms with Gasteiger partial charge < -0.3 is 16.0 Å². The molecule has 1 saturated heterocycles. The van der Waals surface area contributed by atoms with Crippen LogP contribution < -0.4 is 11.1 Å². The van der Waals surface area contributed by atoms with Gasteiger partial charge >= 0.3 is 0 Å². The number of ketones is 1. The van der Waals surface area contributed by atoms with Crippen LogP contribution in [-0.4, -0.2) is 66.7 Å². The highest BCUT2D eigenvalue weighted by Crippen LogP contribution is 2.30. The maximum absolute atomic E-state index is 13.6. The molecular formula is C36H44N4O3. The van der Waals surface area contributed by atoms with Gasteiger partial charge in [-0.05, 0) is 53.4 Å².